The number of carbonyl (C=O) groups excluding carboxylic acids is 1. The monoisotopic (exact) mass is 384 g/mol. The summed E-state index contributed by atoms with van der Waals surface area (Å²) in [7, 11) is 0. The molecule has 4 rings (SSSR count). The number of H-pyrrole nitrogens is 1. The molecule has 0 unspecified atom stereocenters. The van der Waals surface area contributed by atoms with Crippen molar-refractivity contribution >= 4 is 11.9 Å². The van der Waals surface area contributed by atoms with Gasteiger partial charge in [-0.25, -0.2) is 18.7 Å². The van der Waals surface area contributed by atoms with Gasteiger partial charge in [0.15, 0.2) is 0 Å². The van der Waals surface area contributed by atoms with E-state index in [2.05, 4.69) is 25.5 Å². The van der Waals surface area contributed by atoms with Crippen LogP contribution in [-0.4, -0.2) is 44.1 Å². The molecule has 0 saturated carbocycles. The molecular weight excluding hydrogens is 366 g/mol. The molecule has 0 radical (unpaired) electrons. The minimum atomic E-state index is -0.690. The number of rotatable bonds is 4. The first-order valence-electron chi connectivity index (χ1n) is 8.94. The maximum Gasteiger partial charge on any atom is 0.257 e. The molecule has 0 spiro atoms. The Labute approximate surface area is 159 Å². The molecule has 3 heterocycles. The maximum absolute atomic E-state index is 14.2. The van der Waals surface area contributed by atoms with Gasteiger partial charge in [0, 0.05) is 49.7 Å². The minimum Gasteiger partial charge on any atom is -0.355 e. The molecule has 1 aliphatic rings. The van der Waals surface area contributed by atoms with Gasteiger partial charge in [0.2, 0.25) is 5.95 Å². The lowest BCUT2D eigenvalue weighted by Crippen LogP contribution is -2.36. The lowest BCUT2D eigenvalue weighted by molar-refractivity contribution is 0.0734. The summed E-state index contributed by atoms with van der Waals surface area (Å²) in [4.78, 5) is 22.7. The number of halogens is 2. The van der Waals surface area contributed by atoms with Crippen molar-refractivity contribution in [2.75, 3.05) is 18.4 Å². The SMILES string of the molecule is CCNc1ncc(C(=O)N2CCc3[nH]nc(-c4c(F)cccc4F)c3C2)cn1. The van der Waals surface area contributed by atoms with Gasteiger partial charge in [-0.15, -0.1) is 0 Å². The van der Waals surface area contributed by atoms with Crippen LogP contribution in [0, 0.1) is 11.6 Å². The number of fused-ring (bicyclic) bond motifs is 1. The van der Waals surface area contributed by atoms with E-state index in [9.17, 15) is 13.6 Å². The first kappa shape index (κ1) is 18.0. The largest absolute Gasteiger partial charge is 0.355 e. The standard InChI is InChI=1S/C19H18F2N6O/c1-2-22-19-23-8-11(9-24-19)18(28)27-7-6-15-12(10-27)17(26-25-15)16-13(20)4-3-5-14(16)21/h3-5,8-9H,2,6-7,10H2,1H3,(H,25,26)(H,22,23,24). The molecule has 0 bridgehead atoms. The lowest BCUT2D eigenvalue weighted by atomic mass is 10.00. The van der Waals surface area contributed by atoms with Crippen molar-refractivity contribution in [3.63, 3.8) is 0 Å². The van der Waals surface area contributed by atoms with Crippen LogP contribution in [0.4, 0.5) is 14.7 Å². The number of anilines is 1. The van der Waals surface area contributed by atoms with Crippen molar-refractivity contribution in [3.8, 4) is 11.3 Å². The number of amides is 1. The van der Waals surface area contributed by atoms with E-state index >= 15 is 0 Å². The second kappa shape index (κ2) is 7.34. The second-order valence-corrected chi connectivity index (χ2v) is 6.43. The fourth-order valence-corrected chi connectivity index (χ4v) is 3.27. The number of aromatic amines is 1. The van der Waals surface area contributed by atoms with Crippen LogP contribution in [0.1, 0.15) is 28.5 Å². The number of benzene rings is 1. The number of carbonyl (C=O) groups is 1. The van der Waals surface area contributed by atoms with E-state index in [4.69, 9.17) is 0 Å². The summed E-state index contributed by atoms with van der Waals surface area (Å²) in [5.74, 6) is -1.17. The van der Waals surface area contributed by atoms with Gasteiger partial charge in [-0.05, 0) is 19.1 Å². The van der Waals surface area contributed by atoms with Crippen LogP contribution >= 0.6 is 0 Å². The summed E-state index contributed by atoms with van der Waals surface area (Å²) in [5, 5.41) is 9.93. The topological polar surface area (TPSA) is 86.8 Å². The van der Waals surface area contributed by atoms with Gasteiger partial charge in [-0.2, -0.15) is 5.10 Å². The molecule has 0 saturated heterocycles. The number of nitrogens with zero attached hydrogens (tertiary/aromatic N) is 4. The Bertz CT molecular complexity index is 998. The van der Waals surface area contributed by atoms with Crippen molar-refractivity contribution in [3.05, 3.63) is 59.0 Å². The molecule has 1 aliphatic heterocycles. The molecule has 1 amide bonds. The molecule has 144 valence electrons. The number of hydrogen-bond acceptors (Lipinski definition) is 5. The quantitative estimate of drug-likeness (QED) is 0.722. The molecule has 9 heteroatoms. The maximum atomic E-state index is 14.2. The van der Waals surface area contributed by atoms with E-state index in [1.165, 1.54) is 30.6 Å². The molecule has 3 aromatic rings. The van der Waals surface area contributed by atoms with Crippen molar-refractivity contribution in [1.82, 2.24) is 25.1 Å². The first-order valence-corrected chi connectivity index (χ1v) is 8.94. The van der Waals surface area contributed by atoms with Gasteiger partial charge < -0.3 is 10.2 Å². The summed E-state index contributed by atoms with van der Waals surface area (Å²) in [6.45, 7) is 3.26. The Morgan fingerprint density at radius 3 is 2.64 bits per heavy atom. The van der Waals surface area contributed by atoms with E-state index in [1.54, 1.807) is 4.90 Å². The van der Waals surface area contributed by atoms with Gasteiger partial charge in [0.25, 0.3) is 5.91 Å². The van der Waals surface area contributed by atoms with Crippen LogP contribution < -0.4 is 5.32 Å². The van der Waals surface area contributed by atoms with E-state index in [-0.39, 0.29) is 23.7 Å². The zero-order valence-corrected chi connectivity index (χ0v) is 15.2. The summed E-state index contributed by atoms with van der Waals surface area (Å²) >= 11 is 0. The highest BCUT2D eigenvalue weighted by Crippen LogP contribution is 2.32. The molecule has 7 nitrogen and oxygen atoms in total. The highest BCUT2D eigenvalue weighted by Gasteiger charge is 2.28. The zero-order valence-electron chi connectivity index (χ0n) is 15.2. The Morgan fingerprint density at radius 1 is 1.25 bits per heavy atom. The zero-order chi connectivity index (χ0) is 19.7. The predicted molar refractivity (Wildman–Crippen MR) is 98.6 cm³/mol. The Hall–Kier alpha value is -3.36. The highest BCUT2D eigenvalue weighted by atomic mass is 19.1. The van der Waals surface area contributed by atoms with Crippen molar-refractivity contribution in [2.45, 2.75) is 19.9 Å². The number of aromatic nitrogens is 4. The van der Waals surface area contributed by atoms with Crippen molar-refractivity contribution < 1.29 is 13.6 Å². The van der Waals surface area contributed by atoms with Crippen LogP contribution in [0.3, 0.4) is 0 Å². The molecule has 1 aromatic carbocycles. The van der Waals surface area contributed by atoms with Gasteiger partial charge >= 0.3 is 0 Å². The van der Waals surface area contributed by atoms with Gasteiger partial charge in [-0.1, -0.05) is 6.07 Å². The third kappa shape index (κ3) is 3.19. The molecule has 2 aromatic heterocycles. The van der Waals surface area contributed by atoms with Crippen LogP contribution in [-0.2, 0) is 13.0 Å². The summed E-state index contributed by atoms with van der Waals surface area (Å²) in [6, 6.07) is 3.68. The van der Waals surface area contributed by atoms with Crippen LogP contribution in [0.25, 0.3) is 11.3 Å². The minimum absolute atomic E-state index is 0.187. The molecule has 0 fully saturated rings. The summed E-state index contributed by atoms with van der Waals surface area (Å²) < 4.78 is 28.4. The van der Waals surface area contributed by atoms with Gasteiger partial charge in [-0.3, -0.25) is 9.89 Å². The third-order valence-electron chi connectivity index (χ3n) is 4.65. The average molecular weight is 384 g/mol. The smallest absolute Gasteiger partial charge is 0.257 e. The van der Waals surface area contributed by atoms with E-state index in [0.29, 0.717) is 36.6 Å². The van der Waals surface area contributed by atoms with Crippen LogP contribution in [0.5, 0.6) is 0 Å². The van der Waals surface area contributed by atoms with Crippen LogP contribution in [0.15, 0.2) is 30.6 Å². The molecule has 0 aliphatic carbocycles. The predicted octanol–water partition coefficient (Wildman–Crippen LogP) is 2.78. The molecule has 2 N–H and O–H groups in total. The molecular formula is C19H18F2N6O. The van der Waals surface area contributed by atoms with E-state index in [1.807, 2.05) is 6.92 Å². The Balaban J connectivity index is 1.61. The first-order chi connectivity index (χ1) is 13.6. The Morgan fingerprint density at radius 2 is 1.96 bits per heavy atom. The Kier molecular flexibility index (Phi) is 4.72. The fraction of sp³-hybridized carbons (Fsp3) is 0.263. The molecule has 28 heavy (non-hydrogen) atoms. The van der Waals surface area contributed by atoms with E-state index in [0.717, 1.165) is 5.69 Å². The third-order valence-corrected chi connectivity index (χ3v) is 4.65. The van der Waals surface area contributed by atoms with Gasteiger partial charge in [0.1, 0.15) is 17.3 Å². The van der Waals surface area contributed by atoms with Crippen molar-refractivity contribution in [2.24, 2.45) is 0 Å². The average Bonchev–Trinajstić information content (AvgIpc) is 3.11. The number of nitrogens with one attached hydrogen (secondary N) is 2. The molecule has 0 atom stereocenters. The number of hydrogen-bond donors (Lipinski definition) is 2. The van der Waals surface area contributed by atoms with E-state index < -0.39 is 11.6 Å². The van der Waals surface area contributed by atoms with Gasteiger partial charge in [0.05, 0.1) is 11.1 Å². The van der Waals surface area contributed by atoms with Crippen molar-refractivity contribution in [1.29, 1.82) is 0 Å². The highest BCUT2D eigenvalue weighted by molar-refractivity contribution is 5.94. The summed E-state index contributed by atoms with van der Waals surface area (Å²) in [5.41, 5.74) is 1.76. The normalized spacial score (nSPS) is 13.3. The lowest BCUT2D eigenvalue weighted by Gasteiger charge is -2.27. The fourth-order valence-electron chi connectivity index (χ4n) is 3.27. The summed E-state index contributed by atoms with van der Waals surface area (Å²) in [6.07, 6.45) is 3.45. The second-order valence-electron chi connectivity index (χ2n) is 6.43. The van der Waals surface area contributed by atoms with Crippen LogP contribution in [0.2, 0.25) is 0 Å².